The lowest BCUT2D eigenvalue weighted by atomic mass is 9.90. The number of aliphatic hydroxyl groups is 1. The van der Waals surface area contributed by atoms with Crippen molar-refractivity contribution in [1.29, 1.82) is 0 Å². The van der Waals surface area contributed by atoms with Crippen molar-refractivity contribution in [3.8, 4) is 5.75 Å². The van der Waals surface area contributed by atoms with Crippen LogP contribution in [0, 0.1) is 19.8 Å². The zero-order valence-electron chi connectivity index (χ0n) is 13.1. The van der Waals surface area contributed by atoms with Crippen LogP contribution < -0.4 is 4.74 Å². The summed E-state index contributed by atoms with van der Waals surface area (Å²) in [5, 5.41) is 10.0. The smallest absolute Gasteiger partial charge is 0.119 e. The summed E-state index contributed by atoms with van der Waals surface area (Å²) >= 11 is 0. The van der Waals surface area contributed by atoms with Crippen molar-refractivity contribution < 1.29 is 9.84 Å². The second kappa shape index (κ2) is 6.15. The topological polar surface area (TPSA) is 32.7 Å². The maximum absolute atomic E-state index is 10.0. The Balaban J connectivity index is 1.75. The third-order valence-electron chi connectivity index (χ3n) is 4.43. The Labute approximate surface area is 122 Å². The number of likely N-dealkylation sites (tertiary alicyclic amines) is 1. The molecule has 0 amide bonds. The van der Waals surface area contributed by atoms with Crippen LogP contribution in [-0.2, 0) is 0 Å². The number of aryl methyl sites for hydroxylation is 2. The largest absolute Gasteiger partial charge is 0.492 e. The van der Waals surface area contributed by atoms with Crippen molar-refractivity contribution in [3.05, 3.63) is 29.3 Å². The minimum absolute atomic E-state index is 0.379. The van der Waals surface area contributed by atoms with Crippen LogP contribution in [0.25, 0.3) is 0 Å². The number of hydrogen-bond acceptors (Lipinski definition) is 3. The Morgan fingerprint density at radius 3 is 2.65 bits per heavy atom. The molecule has 1 N–H and O–H groups in total. The molecule has 112 valence electrons. The van der Waals surface area contributed by atoms with Crippen LogP contribution in [0.4, 0.5) is 0 Å². The van der Waals surface area contributed by atoms with E-state index in [-0.39, 0.29) is 0 Å². The molecule has 1 aromatic rings. The molecule has 1 saturated heterocycles. The molecule has 3 heteroatoms. The van der Waals surface area contributed by atoms with E-state index in [0.29, 0.717) is 12.5 Å². The molecule has 20 heavy (non-hydrogen) atoms. The minimum Gasteiger partial charge on any atom is -0.492 e. The van der Waals surface area contributed by atoms with Gasteiger partial charge in [0.25, 0.3) is 0 Å². The van der Waals surface area contributed by atoms with E-state index in [9.17, 15) is 5.11 Å². The van der Waals surface area contributed by atoms with Gasteiger partial charge in [0.2, 0.25) is 0 Å². The van der Waals surface area contributed by atoms with Gasteiger partial charge in [-0.3, -0.25) is 4.90 Å². The van der Waals surface area contributed by atoms with Crippen molar-refractivity contribution >= 4 is 0 Å². The summed E-state index contributed by atoms with van der Waals surface area (Å²) in [6.45, 7) is 11.7. The van der Waals surface area contributed by atoms with Crippen LogP contribution in [0.3, 0.4) is 0 Å². The van der Waals surface area contributed by atoms with Gasteiger partial charge in [0.05, 0.1) is 5.60 Å². The predicted octanol–water partition coefficient (Wildman–Crippen LogP) is 2.78. The van der Waals surface area contributed by atoms with Crippen molar-refractivity contribution in [1.82, 2.24) is 4.90 Å². The number of nitrogens with zero attached hydrogens (tertiary/aromatic N) is 1. The Bertz CT molecular complexity index is 451. The summed E-state index contributed by atoms with van der Waals surface area (Å²) in [5.74, 6) is 1.33. The number of rotatable bonds is 5. The maximum Gasteiger partial charge on any atom is 0.119 e. The SMILES string of the molecule is Cc1ccc(OCCN2CC[C@@H](C(C)(C)O)C2)cc1C. The van der Waals surface area contributed by atoms with E-state index in [0.717, 1.165) is 31.8 Å². The van der Waals surface area contributed by atoms with Gasteiger partial charge < -0.3 is 9.84 Å². The molecule has 1 aliphatic rings. The average molecular weight is 277 g/mol. The van der Waals surface area contributed by atoms with E-state index >= 15 is 0 Å². The highest BCUT2D eigenvalue weighted by Crippen LogP contribution is 2.26. The normalized spacial score (nSPS) is 20.4. The first-order chi connectivity index (χ1) is 9.36. The summed E-state index contributed by atoms with van der Waals surface area (Å²) in [7, 11) is 0. The van der Waals surface area contributed by atoms with Gasteiger partial charge in [-0.2, -0.15) is 0 Å². The van der Waals surface area contributed by atoms with Crippen molar-refractivity contribution in [2.75, 3.05) is 26.2 Å². The standard InChI is InChI=1S/C17H27NO2/c1-13-5-6-16(11-14(13)2)20-10-9-18-8-7-15(12-18)17(3,4)19/h5-6,11,15,19H,7-10,12H2,1-4H3/t15-/m1/s1. The zero-order valence-corrected chi connectivity index (χ0v) is 13.1. The fourth-order valence-electron chi connectivity index (χ4n) is 2.71. The van der Waals surface area contributed by atoms with E-state index in [1.807, 2.05) is 19.9 Å². The van der Waals surface area contributed by atoms with E-state index in [1.165, 1.54) is 11.1 Å². The van der Waals surface area contributed by atoms with Gasteiger partial charge >= 0.3 is 0 Å². The molecule has 0 radical (unpaired) electrons. The fraction of sp³-hybridized carbons (Fsp3) is 0.647. The number of ether oxygens (including phenoxy) is 1. The Morgan fingerprint density at radius 2 is 2.05 bits per heavy atom. The predicted molar refractivity (Wildman–Crippen MR) is 82.3 cm³/mol. The fourth-order valence-corrected chi connectivity index (χ4v) is 2.71. The van der Waals surface area contributed by atoms with Gasteiger partial charge in [-0.1, -0.05) is 6.07 Å². The monoisotopic (exact) mass is 277 g/mol. The summed E-state index contributed by atoms with van der Waals surface area (Å²) in [6.07, 6.45) is 1.08. The molecule has 0 spiro atoms. The van der Waals surface area contributed by atoms with Gasteiger partial charge in [0.1, 0.15) is 12.4 Å². The summed E-state index contributed by atoms with van der Waals surface area (Å²) in [4.78, 5) is 2.38. The van der Waals surface area contributed by atoms with Crippen molar-refractivity contribution in [2.45, 2.75) is 39.7 Å². The molecule has 0 unspecified atom stereocenters. The first-order valence-corrected chi connectivity index (χ1v) is 7.51. The first-order valence-electron chi connectivity index (χ1n) is 7.51. The van der Waals surface area contributed by atoms with Gasteiger partial charge in [-0.25, -0.2) is 0 Å². The highest BCUT2D eigenvalue weighted by atomic mass is 16.5. The molecule has 2 rings (SSSR count). The highest BCUT2D eigenvalue weighted by Gasteiger charge is 2.33. The van der Waals surface area contributed by atoms with Crippen LogP contribution >= 0.6 is 0 Å². The lowest BCUT2D eigenvalue weighted by Gasteiger charge is -2.25. The molecule has 1 atom stereocenters. The Hall–Kier alpha value is -1.06. The summed E-state index contributed by atoms with van der Waals surface area (Å²) < 4.78 is 5.82. The zero-order chi connectivity index (χ0) is 14.8. The lowest BCUT2D eigenvalue weighted by molar-refractivity contribution is 0.0206. The second-order valence-electron chi connectivity index (χ2n) is 6.53. The molecule has 1 aromatic carbocycles. The molecule has 3 nitrogen and oxygen atoms in total. The van der Waals surface area contributed by atoms with Gasteiger partial charge in [0.15, 0.2) is 0 Å². The van der Waals surface area contributed by atoms with Gasteiger partial charge in [-0.15, -0.1) is 0 Å². The minimum atomic E-state index is -0.566. The van der Waals surface area contributed by atoms with Gasteiger partial charge in [0, 0.05) is 19.0 Å². The summed E-state index contributed by atoms with van der Waals surface area (Å²) in [5.41, 5.74) is 2.00. The average Bonchev–Trinajstić information content (AvgIpc) is 2.82. The van der Waals surface area contributed by atoms with Crippen molar-refractivity contribution in [2.24, 2.45) is 5.92 Å². The number of benzene rings is 1. The molecular formula is C17H27NO2. The quantitative estimate of drug-likeness (QED) is 0.898. The maximum atomic E-state index is 10.0. The molecule has 0 bridgehead atoms. The van der Waals surface area contributed by atoms with Crippen LogP contribution in [0.15, 0.2) is 18.2 Å². The van der Waals surface area contributed by atoms with Gasteiger partial charge in [-0.05, 0) is 63.9 Å². The number of hydrogen-bond donors (Lipinski definition) is 1. The van der Waals surface area contributed by atoms with Crippen LogP contribution in [-0.4, -0.2) is 41.8 Å². The van der Waals surface area contributed by atoms with Crippen LogP contribution in [0.2, 0.25) is 0 Å². The third-order valence-corrected chi connectivity index (χ3v) is 4.43. The van der Waals surface area contributed by atoms with Crippen molar-refractivity contribution in [3.63, 3.8) is 0 Å². The molecular weight excluding hydrogens is 250 g/mol. The molecule has 0 aromatic heterocycles. The van der Waals surface area contributed by atoms with E-state index in [1.54, 1.807) is 0 Å². The molecule has 0 saturated carbocycles. The molecule has 1 heterocycles. The van der Waals surface area contributed by atoms with Crippen LogP contribution in [0.5, 0.6) is 5.75 Å². The summed E-state index contributed by atoms with van der Waals surface area (Å²) in [6, 6.07) is 6.23. The first kappa shape index (κ1) is 15.3. The van der Waals surface area contributed by atoms with E-state index in [2.05, 4.69) is 30.9 Å². The molecule has 1 aliphatic heterocycles. The Kier molecular flexibility index (Phi) is 4.71. The highest BCUT2D eigenvalue weighted by molar-refractivity contribution is 5.33. The van der Waals surface area contributed by atoms with E-state index < -0.39 is 5.60 Å². The molecule has 0 aliphatic carbocycles. The lowest BCUT2D eigenvalue weighted by Crippen LogP contribution is -2.34. The van der Waals surface area contributed by atoms with E-state index in [4.69, 9.17) is 4.74 Å². The Morgan fingerprint density at radius 1 is 1.30 bits per heavy atom. The second-order valence-corrected chi connectivity index (χ2v) is 6.53. The third kappa shape index (κ3) is 3.97. The molecule has 1 fully saturated rings. The van der Waals surface area contributed by atoms with Crippen LogP contribution in [0.1, 0.15) is 31.4 Å².